The number of amides is 1. The van der Waals surface area contributed by atoms with Gasteiger partial charge in [0.1, 0.15) is 0 Å². The molecule has 0 fully saturated rings. The molecule has 21 heavy (non-hydrogen) atoms. The fourth-order valence-corrected chi connectivity index (χ4v) is 4.24. The van der Waals surface area contributed by atoms with Gasteiger partial charge in [-0.3, -0.25) is 9.52 Å². The van der Waals surface area contributed by atoms with Crippen LogP contribution in [0.2, 0.25) is 0 Å². The molecule has 7 heteroatoms. The van der Waals surface area contributed by atoms with Crippen molar-refractivity contribution in [1.29, 1.82) is 0 Å². The van der Waals surface area contributed by atoms with E-state index < -0.39 is 15.9 Å². The second-order valence-corrected chi connectivity index (χ2v) is 7.73. The molecule has 1 aromatic heterocycles. The first kappa shape index (κ1) is 15.5. The summed E-state index contributed by atoms with van der Waals surface area (Å²) in [4.78, 5) is 12.4. The van der Waals surface area contributed by atoms with Crippen molar-refractivity contribution < 1.29 is 13.2 Å². The molecular formula is C14H16N2O3S2. The van der Waals surface area contributed by atoms with Gasteiger partial charge in [-0.25, -0.2) is 8.42 Å². The predicted molar refractivity (Wildman–Crippen MR) is 84.3 cm³/mol. The smallest absolute Gasteiger partial charge is 0.262 e. The van der Waals surface area contributed by atoms with Gasteiger partial charge < -0.3 is 5.73 Å². The number of sulfonamides is 1. The third kappa shape index (κ3) is 3.25. The van der Waals surface area contributed by atoms with Crippen molar-refractivity contribution >= 4 is 33.0 Å². The summed E-state index contributed by atoms with van der Waals surface area (Å²) in [5.41, 5.74) is 7.12. The number of hydrogen-bond donors (Lipinski definition) is 2. The Bertz CT molecular complexity index is 808. The van der Waals surface area contributed by atoms with Gasteiger partial charge in [0, 0.05) is 4.88 Å². The second kappa shape index (κ2) is 5.50. The number of rotatable bonds is 4. The molecule has 0 bridgehead atoms. The lowest BCUT2D eigenvalue weighted by Crippen LogP contribution is -2.14. The van der Waals surface area contributed by atoms with Gasteiger partial charge in [-0.05, 0) is 44.0 Å². The van der Waals surface area contributed by atoms with Crippen LogP contribution in [0.1, 0.15) is 25.7 Å². The third-order valence-corrected chi connectivity index (χ3v) is 5.61. The van der Waals surface area contributed by atoms with E-state index in [0.717, 1.165) is 16.9 Å². The number of carbonyl (C=O) groups excluding carboxylic acids is 1. The van der Waals surface area contributed by atoms with E-state index in [0.29, 0.717) is 21.0 Å². The largest absolute Gasteiger partial charge is 0.365 e. The first-order valence-corrected chi connectivity index (χ1v) is 8.51. The zero-order valence-electron chi connectivity index (χ0n) is 11.9. The lowest BCUT2D eigenvalue weighted by Gasteiger charge is -2.10. The van der Waals surface area contributed by atoms with Gasteiger partial charge in [-0.2, -0.15) is 0 Å². The van der Waals surface area contributed by atoms with Gasteiger partial charge in [-0.15, -0.1) is 11.3 Å². The van der Waals surface area contributed by atoms with Crippen LogP contribution in [0.25, 0.3) is 0 Å². The van der Waals surface area contributed by atoms with Gasteiger partial charge in [0.05, 0.1) is 15.5 Å². The van der Waals surface area contributed by atoms with Gasteiger partial charge in [0.2, 0.25) is 0 Å². The molecule has 1 amide bonds. The molecule has 5 nitrogen and oxygen atoms in total. The third-order valence-electron chi connectivity index (χ3n) is 3.04. The lowest BCUT2D eigenvalue weighted by molar-refractivity contribution is 0.100. The van der Waals surface area contributed by atoms with E-state index in [1.807, 2.05) is 13.0 Å². The fraction of sp³-hybridized carbons (Fsp3) is 0.214. The average molecular weight is 324 g/mol. The highest BCUT2D eigenvalue weighted by atomic mass is 32.2. The summed E-state index contributed by atoms with van der Waals surface area (Å²) < 4.78 is 27.5. The molecule has 2 rings (SSSR count). The summed E-state index contributed by atoms with van der Waals surface area (Å²) in [5, 5.41) is 0. The van der Waals surface area contributed by atoms with Crippen LogP contribution in [-0.4, -0.2) is 14.3 Å². The van der Waals surface area contributed by atoms with Gasteiger partial charge in [0.25, 0.3) is 15.9 Å². The zero-order chi connectivity index (χ0) is 15.8. The highest BCUT2D eigenvalue weighted by Gasteiger charge is 2.20. The van der Waals surface area contributed by atoms with E-state index in [1.54, 1.807) is 26.0 Å². The number of anilines is 1. The molecule has 0 saturated heterocycles. The predicted octanol–water partition coefficient (Wildman–Crippen LogP) is 2.57. The van der Waals surface area contributed by atoms with E-state index in [4.69, 9.17) is 5.73 Å². The molecular weight excluding hydrogens is 308 g/mol. The molecule has 0 aliphatic heterocycles. The summed E-state index contributed by atoms with van der Waals surface area (Å²) >= 11 is 1.16. The number of nitrogens with two attached hydrogens (primary N) is 1. The Morgan fingerprint density at radius 2 is 1.86 bits per heavy atom. The summed E-state index contributed by atoms with van der Waals surface area (Å²) in [7, 11) is -3.70. The first-order valence-electron chi connectivity index (χ1n) is 6.21. The summed E-state index contributed by atoms with van der Waals surface area (Å²) in [6.45, 7) is 5.31. The van der Waals surface area contributed by atoms with Crippen molar-refractivity contribution in [1.82, 2.24) is 0 Å². The minimum absolute atomic E-state index is 0.230. The van der Waals surface area contributed by atoms with Crippen LogP contribution in [0, 0.1) is 20.8 Å². The molecule has 2 aromatic rings. The van der Waals surface area contributed by atoms with Crippen LogP contribution in [0.5, 0.6) is 0 Å². The van der Waals surface area contributed by atoms with E-state index in [-0.39, 0.29) is 4.90 Å². The number of hydrogen-bond acceptors (Lipinski definition) is 4. The van der Waals surface area contributed by atoms with Crippen molar-refractivity contribution in [2.24, 2.45) is 5.73 Å². The average Bonchev–Trinajstić information content (AvgIpc) is 2.73. The molecule has 0 atom stereocenters. The summed E-state index contributed by atoms with van der Waals surface area (Å²) in [6, 6.07) is 6.70. The van der Waals surface area contributed by atoms with E-state index in [1.165, 1.54) is 6.07 Å². The highest BCUT2D eigenvalue weighted by Crippen LogP contribution is 2.29. The number of aryl methyl sites for hydroxylation is 3. The number of benzene rings is 1. The van der Waals surface area contributed by atoms with Gasteiger partial charge in [-0.1, -0.05) is 12.1 Å². The summed E-state index contributed by atoms with van der Waals surface area (Å²) in [6.07, 6.45) is 0. The standard InChI is InChI=1S/C14H16N2O3S2/c1-8-4-5-9(2)13(6-8)21(18,19)16-11-7-12(14(15)17)20-10(11)3/h4-7,16H,1-3H3,(H2,15,17). The summed E-state index contributed by atoms with van der Waals surface area (Å²) in [5.74, 6) is -0.569. The molecule has 0 saturated carbocycles. The Morgan fingerprint density at radius 3 is 2.43 bits per heavy atom. The van der Waals surface area contributed by atoms with E-state index in [9.17, 15) is 13.2 Å². The quantitative estimate of drug-likeness (QED) is 0.906. The molecule has 0 spiro atoms. The van der Waals surface area contributed by atoms with Crippen LogP contribution in [0.3, 0.4) is 0 Å². The van der Waals surface area contributed by atoms with Gasteiger partial charge >= 0.3 is 0 Å². The van der Waals surface area contributed by atoms with Crippen LogP contribution < -0.4 is 10.5 Å². The van der Waals surface area contributed by atoms with Crippen LogP contribution in [-0.2, 0) is 10.0 Å². The Kier molecular flexibility index (Phi) is 4.06. The van der Waals surface area contributed by atoms with Crippen LogP contribution in [0.4, 0.5) is 5.69 Å². The minimum Gasteiger partial charge on any atom is -0.365 e. The number of thiophene rings is 1. The molecule has 0 aliphatic rings. The number of carbonyl (C=O) groups is 1. The maximum atomic E-state index is 12.5. The number of nitrogens with one attached hydrogen (secondary N) is 1. The normalized spacial score (nSPS) is 11.4. The van der Waals surface area contributed by atoms with E-state index >= 15 is 0 Å². The van der Waals surface area contributed by atoms with E-state index in [2.05, 4.69) is 4.72 Å². The molecule has 1 aromatic carbocycles. The first-order chi connectivity index (χ1) is 9.70. The Labute approximate surface area is 127 Å². The molecule has 0 aliphatic carbocycles. The monoisotopic (exact) mass is 324 g/mol. The lowest BCUT2D eigenvalue weighted by atomic mass is 10.2. The van der Waals surface area contributed by atoms with Crippen molar-refractivity contribution in [3.63, 3.8) is 0 Å². The topological polar surface area (TPSA) is 89.3 Å². The van der Waals surface area contributed by atoms with Crippen molar-refractivity contribution in [3.8, 4) is 0 Å². The molecule has 1 heterocycles. The second-order valence-electron chi connectivity index (χ2n) is 4.82. The molecule has 112 valence electrons. The SMILES string of the molecule is Cc1ccc(C)c(S(=O)(=O)Nc2cc(C(N)=O)sc2C)c1. The van der Waals surface area contributed by atoms with Crippen molar-refractivity contribution in [3.05, 3.63) is 45.1 Å². The van der Waals surface area contributed by atoms with Crippen molar-refractivity contribution in [2.75, 3.05) is 4.72 Å². The van der Waals surface area contributed by atoms with Crippen molar-refractivity contribution in [2.45, 2.75) is 25.7 Å². The molecule has 0 radical (unpaired) electrons. The maximum Gasteiger partial charge on any atom is 0.262 e. The minimum atomic E-state index is -3.70. The Hall–Kier alpha value is -1.86. The Morgan fingerprint density at radius 1 is 1.19 bits per heavy atom. The molecule has 3 N–H and O–H groups in total. The zero-order valence-corrected chi connectivity index (χ0v) is 13.6. The van der Waals surface area contributed by atoms with Gasteiger partial charge in [0.15, 0.2) is 0 Å². The number of primary amides is 1. The molecule has 0 unspecified atom stereocenters. The Balaban J connectivity index is 2.42. The maximum absolute atomic E-state index is 12.5. The van der Waals surface area contributed by atoms with Crippen LogP contribution >= 0.6 is 11.3 Å². The fourth-order valence-electron chi connectivity index (χ4n) is 1.90. The van der Waals surface area contributed by atoms with Crippen LogP contribution in [0.15, 0.2) is 29.2 Å². The highest BCUT2D eigenvalue weighted by molar-refractivity contribution is 7.92.